The highest BCUT2D eigenvalue weighted by molar-refractivity contribution is 5.65. The van der Waals surface area contributed by atoms with Gasteiger partial charge in [-0.2, -0.15) is 0 Å². The first-order valence-electron chi connectivity index (χ1n) is 4.54. The summed E-state index contributed by atoms with van der Waals surface area (Å²) in [5.41, 5.74) is 5.48. The second kappa shape index (κ2) is 3.16. The number of rotatable bonds is 1. The van der Waals surface area contributed by atoms with E-state index >= 15 is 0 Å². The lowest BCUT2D eigenvalue weighted by Gasteiger charge is -2.15. The van der Waals surface area contributed by atoms with Crippen molar-refractivity contribution in [2.75, 3.05) is 19.6 Å². The van der Waals surface area contributed by atoms with Crippen LogP contribution in [-0.4, -0.2) is 47.9 Å². The van der Waals surface area contributed by atoms with Gasteiger partial charge in [0.2, 0.25) is 0 Å². The molecule has 0 aromatic carbocycles. The van der Waals surface area contributed by atoms with Gasteiger partial charge in [0.25, 0.3) is 0 Å². The molecule has 0 bridgehead atoms. The highest BCUT2D eigenvalue weighted by atomic mass is 16.5. The predicted octanol–water partition coefficient (Wildman–Crippen LogP) is -0.288. The van der Waals surface area contributed by atoms with Gasteiger partial charge in [-0.15, -0.1) is 0 Å². The van der Waals surface area contributed by atoms with Crippen LogP contribution in [0.2, 0.25) is 0 Å². The van der Waals surface area contributed by atoms with Crippen molar-refractivity contribution in [2.24, 2.45) is 11.7 Å². The van der Waals surface area contributed by atoms with Crippen molar-refractivity contribution in [3.05, 3.63) is 0 Å². The Morgan fingerprint density at radius 2 is 2.38 bits per heavy atom. The van der Waals surface area contributed by atoms with Crippen LogP contribution in [0.15, 0.2) is 0 Å². The summed E-state index contributed by atoms with van der Waals surface area (Å²) < 4.78 is 5.58. The number of hydrogen-bond donors (Lipinski definition) is 2. The molecule has 0 aliphatic carbocycles. The Morgan fingerprint density at radius 1 is 1.62 bits per heavy atom. The zero-order chi connectivity index (χ0) is 9.42. The number of hydrogen-bond acceptors (Lipinski definition) is 3. The number of amides is 1. The lowest BCUT2D eigenvalue weighted by Crippen LogP contribution is -2.31. The van der Waals surface area contributed by atoms with E-state index in [4.69, 9.17) is 15.6 Å². The number of carbonyl (C=O) groups is 1. The molecule has 74 valence electrons. The second-order valence-electron chi connectivity index (χ2n) is 3.72. The molecule has 0 saturated carbocycles. The first kappa shape index (κ1) is 8.77. The van der Waals surface area contributed by atoms with E-state index in [9.17, 15) is 4.79 Å². The monoisotopic (exact) mass is 186 g/mol. The standard InChI is InChI=1S/C8H14N2O3/c9-2-6-1-5-3-10(8(11)12)4-7(5)13-6/h5-7H,1-4,9H2,(H,11,12). The Balaban J connectivity index is 1.93. The minimum absolute atomic E-state index is 0.0876. The molecule has 5 heteroatoms. The van der Waals surface area contributed by atoms with Crippen LogP contribution in [0.5, 0.6) is 0 Å². The topological polar surface area (TPSA) is 75.8 Å². The minimum atomic E-state index is -0.845. The molecular weight excluding hydrogens is 172 g/mol. The van der Waals surface area contributed by atoms with Crippen molar-refractivity contribution in [2.45, 2.75) is 18.6 Å². The van der Waals surface area contributed by atoms with Gasteiger partial charge in [0.1, 0.15) is 0 Å². The molecule has 5 nitrogen and oxygen atoms in total. The van der Waals surface area contributed by atoms with Gasteiger partial charge < -0.3 is 20.5 Å². The molecule has 2 fully saturated rings. The average Bonchev–Trinajstić information content (AvgIpc) is 2.58. The fourth-order valence-electron chi connectivity index (χ4n) is 2.17. The van der Waals surface area contributed by atoms with E-state index in [0.29, 0.717) is 25.6 Å². The molecule has 0 aromatic heterocycles. The number of carboxylic acid groups (broad SMARTS) is 1. The molecular formula is C8H14N2O3. The molecule has 2 aliphatic heterocycles. The number of ether oxygens (including phenoxy) is 1. The normalized spacial score (nSPS) is 37.9. The summed E-state index contributed by atoms with van der Waals surface area (Å²) >= 11 is 0. The van der Waals surface area contributed by atoms with Gasteiger partial charge in [0.15, 0.2) is 0 Å². The van der Waals surface area contributed by atoms with Crippen LogP contribution >= 0.6 is 0 Å². The molecule has 3 atom stereocenters. The Hall–Kier alpha value is -0.810. The van der Waals surface area contributed by atoms with Crippen LogP contribution < -0.4 is 5.73 Å². The van der Waals surface area contributed by atoms with Gasteiger partial charge in [-0.05, 0) is 6.42 Å². The summed E-state index contributed by atoms with van der Waals surface area (Å²) in [5, 5.41) is 8.74. The van der Waals surface area contributed by atoms with Gasteiger partial charge in [0, 0.05) is 19.0 Å². The Labute approximate surface area is 76.5 Å². The van der Waals surface area contributed by atoms with Gasteiger partial charge in [-0.25, -0.2) is 4.79 Å². The summed E-state index contributed by atoms with van der Waals surface area (Å²) in [6.07, 6.45) is 0.295. The first-order valence-corrected chi connectivity index (χ1v) is 4.54. The predicted molar refractivity (Wildman–Crippen MR) is 45.4 cm³/mol. The lowest BCUT2D eigenvalue weighted by molar-refractivity contribution is 0.0432. The lowest BCUT2D eigenvalue weighted by atomic mass is 10.0. The molecule has 2 heterocycles. The maximum absolute atomic E-state index is 10.6. The van der Waals surface area contributed by atoms with Crippen LogP contribution in [0.1, 0.15) is 6.42 Å². The highest BCUT2D eigenvalue weighted by Crippen LogP contribution is 2.32. The number of likely N-dealkylation sites (tertiary alicyclic amines) is 1. The van der Waals surface area contributed by atoms with E-state index in [-0.39, 0.29) is 12.2 Å². The van der Waals surface area contributed by atoms with Gasteiger partial charge >= 0.3 is 6.09 Å². The van der Waals surface area contributed by atoms with Crippen LogP contribution in [-0.2, 0) is 4.74 Å². The van der Waals surface area contributed by atoms with Gasteiger partial charge in [-0.1, -0.05) is 0 Å². The summed E-state index contributed by atoms with van der Waals surface area (Å²) in [6, 6.07) is 0. The van der Waals surface area contributed by atoms with Gasteiger partial charge in [0.05, 0.1) is 18.8 Å². The summed E-state index contributed by atoms with van der Waals surface area (Å²) in [5.74, 6) is 0.365. The number of nitrogens with two attached hydrogens (primary N) is 1. The van der Waals surface area contributed by atoms with Crippen LogP contribution in [0.4, 0.5) is 4.79 Å². The highest BCUT2D eigenvalue weighted by Gasteiger charge is 2.42. The fourth-order valence-corrected chi connectivity index (χ4v) is 2.17. The Morgan fingerprint density at radius 3 is 2.92 bits per heavy atom. The Kier molecular flexibility index (Phi) is 2.13. The van der Waals surface area contributed by atoms with Crippen molar-refractivity contribution < 1.29 is 14.6 Å². The number of fused-ring (bicyclic) bond motifs is 1. The van der Waals surface area contributed by atoms with Gasteiger partial charge in [-0.3, -0.25) is 0 Å². The second-order valence-corrected chi connectivity index (χ2v) is 3.72. The molecule has 0 radical (unpaired) electrons. The largest absolute Gasteiger partial charge is 0.465 e. The van der Waals surface area contributed by atoms with Crippen molar-refractivity contribution in [1.29, 1.82) is 0 Å². The van der Waals surface area contributed by atoms with Crippen LogP contribution in [0, 0.1) is 5.92 Å². The zero-order valence-corrected chi connectivity index (χ0v) is 7.35. The van der Waals surface area contributed by atoms with E-state index in [1.165, 1.54) is 4.90 Å². The molecule has 0 spiro atoms. The third-order valence-electron chi connectivity index (χ3n) is 2.85. The molecule has 3 N–H and O–H groups in total. The third kappa shape index (κ3) is 1.49. The van der Waals surface area contributed by atoms with E-state index in [1.807, 2.05) is 0 Å². The maximum atomic E-state index is 10.6. The van der Waals surface area contributed by atoms with Crippen LogP contribution in [0.3, 0.4) is 0 Å². The van der Waals surface area contributed by atoms with E-state index in [2.05, 4.69) is 0 Å². The molecule has 1 amide bonds. The third-order valence-corrected chi connectivity index (χ3v) is 2.85. The Bertz CT molecular complexity index is 207. The van der Waals surface area contributed by atoms with Crippen molar-refractivity contribution in [1.82, 2.24) is 4.90 Å². The van der Waals surface area contributed by atoms with Crippen LogP contribution in [0.25, 0.3) is 0 Å². The fraction of sp³-hybridized carbons (Fsp3) is 0.875. The maximum Gasteiger partial charge on any atom is 0.407 e. The summed E-state index contributed by atoms with van der Waals surface area (Å²) in [6.45, 7) is 1.66. The van der Waals surface area contributed by atoms with Crippen molar-refractivity contribution in [3.63, 3.8) is 0 Å². The smallest absolute Gasteiger partial charge is 0.407 e. The summed E-state index contributed by atoms with van der Waals surface area (Å²) in [4.78, 5) is 12.0. The summed E-state index contributed by atoms with van der Waals surface area (Å²) in [7, 11) is 0. The molecule has 13 heavy (non-hydrogen) atoms. The first-order chi connectivity index (χ1) is 6.20. The molecule has 2 saturated heterocycles. The minimum Gasteiger partial charge on any atom is -0.465 e. The van der Waals surface area contributed by atoms with E-state index < -0.39 is 6.09 Å². The molecule has 3 unspecified atom stereocenters. The quantitative estimate of drug-likeness (QED) is 0.590. The number of nitrogens with zero attached hydrogens (tertiary/aromatic N) is 1. The zero-order valence-electron chi connectivity index (χ0n) is 7.35. The van der Waals surface area contributed by atoms with Crippen molar-refractivity contribution in [3.8, 4) is 0 Å². The van der Waals surface area contributed by atoms with Crippen molar-refractivity contribution >= 4 is 6.09 Å². The van der Waals surface area contributed by atoms with E-state index in [1.54, 1.807) is 0 Å². The molecule has 2 rings (SSSR count). The molecule has 2 aliphatic rings. The SMILES string of the molecule is NCC1CC2CN(C(=O)O)CC2O1. The average molecular weight is 186 g/mol. The van der Waals surface area contributed by atoms with E-state index in [0.717, 1.165) is 6.42 Å². The molecule has 0 aromatic rings.